The van der Waals surface area contributed by atoms with Crippen LogP contribution in [0.1, 0.15) is 17.3 Å². The third-order valence-electron chi connectivity index (χ3n) is 3.68. The molecule has 2 aromatic carbocycles. The number of hydrogen-bond donors (Lipinski definition) is 1. The highest BCUT2D eigenvalue weighted by Crippen LogP contribution is 2.35. The SMILES string of the molecule is COc1cc(C(=O)O[C@H](C)C(=O)Nc2ccc(Cl)cc2)c([N+](=O)[O-])cc1OC. The molecular formula is C18H17ClN2O7. The summed E-state index contributed by atoms with van der Waals surface area (Å²) in [5.74, 6) is -1.47. The molecule has 148 valence electrons. The Balaban J connectivity index is 2.19. The van der Waals surface area contributed by atoms with Gasteiger partial charge in [0.05, 0.1) is 25.2 Å². The van der Waals surface area contributed by atoms with E-state index in [1.54, 1.807) is 24.3 Å². The summed E-state index contributed by atoms with van der Waals surface area (Å²) in [7, 11) is 2.63. The van der Waals surface area contributed by atoms with Crippen LogP contribution in [0.3, 0.4) is 0 Å². The second-order valence-corrected chi connectivity index (χ2v) is 5.96. The number of ether oxygens (including phenoxy) is 3. The highest BCUT2D eigenvalue weighted by Gasteiger charge is 2.28. The molecule has 1 amide bonds. The van der Waals surface area contributed by atoms with Crippen molar-refractivity contribution < 1.29 is 28.7 Å². The van der Waals surface area contributed by atoms with Crippen LogP contribution in [-0.2, 0) is 9.53 Å². The average molecular weight is 409 g/mol. The Morgan fingerprint density at radius 2 is 1.68 bits per heavy atom. The quantitative estimate of drug-likeness (QED) is 0.423. The van der Waals surface area contributed by atoms with Crippen LogP contribution < -0.4 is 14.8 Å². The fourth-order valence-corrected chi connectivity index (χ4v) is 2.36. The number of nitrogens with zero attached hydrogens (tertiary/aromatic N) is 1. The first-order chi connectivity index (χ1) is 13.3. The second kappa shape index (κ2) is 9.05. The Kier molecular flexibility index (Phi) is 6.78. The summed E-state index contributed by atoms with van der Waals surface area (Å²) in [5, 5.41) is 14.3. The van der Waals surface area contributed by atoms with Crippen LogP contribution in [0, 0.1) is 10.1 Å². The van der Waals surface area contributed by atoms with Gasteiger partial charge in [0, 0.05) is 16.8 Å². The van der Waals surface area contributed by atoms with E-state index < -0.39 is 28.6 Å². The maximum absolute atomic E-state index is 12.4. The van der Waals surface area contributed by atoms with Gasteiger partial charge in [-0.05, 0) is 31.2 Å². The normalized spacial score (nSPS) is 11.3. The van der Waals surface area contributed by atoms with E-state index in [9.17, 15) is 19.7 Å². The predicted molar refractivity (Wildman–Crippen MR) is 101 cm³/mol. The number of nitro groups is 1. The molecule has 0 fully saturated rings. The minimum absolute atomic E-state index is 0.0827. The van der Waals surface area contributed by atoms with Gasteiger partial charge in [-0.2, -0.15) is 0 Å². The molecule has 0 aliphatic rings. The van der Waals surface area contributed by atoms with E-state index in [4.69, 9.17) is 25.8 Å². The molecule has 1 atom stereocenters. The molecule has 9 nitrogen and oxygen atoms in total. The smallest absolute Gasteiger partial charge is 0.346 e. The van der Waals surface area contributed by atoms with Gasteiger partial charge in [0.2, 0.25) is 0 Å². The standard InChI is InChI=1S/C18H17ClN2O7/c1-10(17(22)20-12-6-4-11(19)5-7-12)28-18(23)13-8-15(26-2)16(27-3)9-14(13)21(24)25/h4-10H,1-3H3,(H,20,22)/t10-/m1/s1. The number of carbonyl (C=O) groups is 2. The Morgan fingerprint density at radius 1 is 1.11 bits per heavy atom. The second-order valence-electron chi connectivity index (χ2n) is 5.53. The molecule has 0 spiro atoms. The third-order valence-corrected chi connectivity index (χ3v) is 3.94. The maximum Gasteiger partial charge on any atom is 0.346 e. The van der Waals surface area contributed by atoms with Crippen molar-refractivity contribution >= 4 is 34.9 Å². The summed E-state index contributed by atoms with van der Waals surface area (Å²) < 4.78 is 15.1. The van der Waals surface area contributed by atoms with Crippen LogP contribution in [0.15, 0.2) is 36.4 Å². The Morgan fingerprint density at radius 3 is 2.21 bits per heavy atom. The van der Waals surface area contributed by atoms with Gasteiger partial charge in [0.25, 0.3) is 11.6 Å². The number of benzene rings is 2. The molecule has 1 N–H and O–H groups in total. The van der Waals surface area contributed by atoms with Gasteiger partial charge in [-0.1, -0.05) is 11.6 Å². The molecule has 10 heteroatoms. The Bertz CT molecular complexity index is 900. The minimum atomic E-state index is -1.21. The van der Waals surface area contributed by atoms with Crippen molar-refractivity contribution in [3.05, 3.63) is 57.1 Å². The van der Waals surface area contributed by atoms with Gasteiger partial charge in [0.15, 0.2) is 17.6 Å². The van der Waals surface area contributed by atoms with E-state index in [0.717, 1.165) is 12.1 Å². The lowest BCUT2D eigenvalue weighted by Gasteiger charge is -2.15. The Labute approximate surface area is 165 Å². The van der Waals surface area contributed by atoms with Crippen molar-refractivity contribution in [3.8, 4) is 11.5 Å². The van der Waals surface area contributed by atoms with Crippen molar-refractivity contribution in [1.82, 2.24) is 0 Å². The van der Waals surface area contributed by atoms with E-state index in [2.05, 4.69) is 5.32 Å². The molecule has 0 saturated heterocycles. The summed E-state index contributed by atoms with van der Waals surface area (Å²) in [6, 6.07) is 8.50. The van der Waals surface area contributed by atoms with Crippen LogP contribution in [-0.4, -0.2) is 37.1 Å². The minimum Gasteiger partial charge on any atom is -0.493 e. The number of amides is 1. The molecule has 0 aliphatic heterocycles. The molecule has 28 heavy (non-hydrogen) atoms. The fourth-order valence-electron chi connectivity index (χ4n) is 2.24. The number of esters is 1. The van der Waals surface area contributed by atoms with Crippen molar-refractivity contribution in [1.29, 1.82) is 0 Å². The molecule has 0 aliphatic carbocycles. The van der Waals surface area contributed by atoms with Gasteiger partial charge in [0.1, 0.15) is 5.56 Å². The molecule has 2 rings (SSSR count). The third kappa shape index (κ3) is 4.89. The zero-order valence-electron chi connectivity index (χ0n) is 15.2. The van der Waals surface area contributed by atoms with Gasteiger partial charge in [-0.25, -0.2) is 4.79 Å². The van der Waals surface area contributed by atoms with Crippen molar-refractivity contribution in [2.24, 2.45) is 0 Å². The lowest BCUT2D eigenvalue weighted by atomic mass is 10.1. The number of halogens is 1. The van der Waals surface area contributed by atoms with Crippen molar-refractivity contribution in [2.75, 3.05) is 19.5 Å². The number of nitrogens with one attached hydrogen (secondary N) is 1. The largest absolute Gasteiger partial charge is 0.493 e. The van der Waals surface area contributed by atoms with E-state index >= 15 is 0 Å². The lowest BCUT2D eigenvalue weighted by molar-refractivity contribution is -0.385. The molecule has 0 unspecified atom stereocenters. The van der Waals surface area contributed by atoms with Gasteiger partial charge in [-0.3, -0.25) is 14.9 Å². The first kappa shape index (κ1) is 21.0. The van der Waals surface area contributed by atoms with E-state index in [1.165, 1.54) is 21.1 Å². The van der Waals surface area contributed by atoms with E-state index in [-0.39, 0.29) is 17.1 Å². The number of methoxy groups -OCH3 is 2. The van der Waals surface area contributed by atoms with Crippen LogP contribution >= 0.6 is 11.6 Å². The molecule has 0 aromatic heterocycles. The summed E-state index contributed by atoms with van der Waals surface area (Å²) in [6.45, 7) is 1.34. The highest BCUT2D eigenvalue weighted by molar-refractivity contribution is 6.30. The number of anilines is 1. The maximum atomic E-state index is 12.4. The number of carbonyl (C=O) groups excluding carboxylic acids is 2. The van der Waals surface area contributed by atoms with Gasteiger partial charge < -0.3 is 19.5 Å². The van der Waals surface area contributed by atoms with Crippen molar-refractivity contribution in [3.63, 3.8) is 0 Å². The topological polar surface area (TPSA) is 117 Å². The molecule has 0 bridgehead atoms. The first-order valence-corrected chi connectivity index (χ1v) is 8.32. The van der Waals surface area contributed by atoms with Crippen LogP contribution in [0.25, 0.3) is 0 Å². The summed E-state index contributed by atoms with van der Waals surface area (Å²) >= 11 is 5.78. The lowest BCUT2D eigenvalue weighted by Crippen LogP contribution is -2.30. The summed E-state index contributed by atoms with van der Waals surface area (Å²) in [4.78, 5) is 35.2. The highest BCUT2D eigenvalue weighted by atomic mass is 35.5. The molecule has 0 heterocycles. The zero-order valence-corrected chi connectivity index (χ0v) is 16.0. The van der Waals surface area contributed by atoms with Crippen LogP contribution in [0.2, 0.25) is 5.02 Å². The van der Waals surface area contributed by atoms with E-state index in [1.807, 2.05) is 0 Å². The first-order valence-electron chi connectivity index (χ1n) is 7.94. The van der Waals surface area contributed by atoms with Crippen LogP contribution in [0.4, 0.5) is 11.4 Å². The molecule has 0 saturated carbocycles. The van der Waals surface area contributed by atoms with Crippen LogP contribution in [0.5, 0.6) is 11.5 Å². The Hall–Kier alpha value is -3.33. The predicted octanol–water partition coefficient (Wildman–Crippen LogP) is 3.45. The number of hydrogen-bond acceptors (Lipinski definition) is 7. The van der Waals surface area contributed by atoms with Crippen molar-refractivity contribution in [2.45, 2.75) is 13.0 Å². The fraction of sp³-hybridized carbons (Fsp3) is 0.222. The van der Waals surface area contributed by atoms with Gasteiger partial charge >= 0.3 is 5.97 Å². The monoisotopic (exact) mass is 408 g/mol. The zero-order chi connectivity index (χ0) is 20.8. The summed E-state index contributed by atoms with van der Waals surface area (Å²) in [5.41, 5.74) is -0.448. The number of nitro benzene ring substituents is 1. The number of rotatable bonds is 7. The summed E-state index contributed by atoms with van der Waals surface area (Å²) in [6.07, 6.45) is -1.21. The molecular weight excluding hydrogens is 392 g/mol. The molecule has 0 radical (unpaired) electrons. The molecule has 2 aromatic rings. The average Bonchev–Trinajstić information content (AvgIpc) is 2.68. The van der Waals surface area contributed by atoms with E-state index in [0.29, 0.717) is 10.7 Å². The van der Waals surface area contributed by atoms with Gasteiger partial charge in [-0.15, -0.1) is 0 Å².